The smallest absolute Gasteiger partial charge is 0.164 e. The standard InChI is InChI=1S/C61H37N5O2/c1-3-14-38(15-4-1)40-18-12-22-45(33-40)59-64-60(66-61(65-59)47-29-31-51-49-25-8-10-27-55(49)68-57(51)36-47)46-23-13-20-42(34-46)41-19-11-21-43(32-41)52-37-53(63-58(62-52)39-16-5-2-6-17-39)44-28-30-50-48-24-7-9-26-54(48)67-56(50)35-44/h1-37H. The van der Waals surface area contributed by atoms with Crippen LogP contribution in [0.25, 0.3) is 134 Å². The lowest BCUT2D eigenvalue weighted by Crippen LogP contribution is -2.00. The third-order valence-corrected chi connectivity index (χ3v) is 12.5. The van der Waals surface area contributed by atoms with Crippen LogP contribution < -0.4 is 0 Å². The maximum absolute atomic E-state index is 6.32. The van der Waals surface area contributed by atoms with E-state index < -0.39 is 0 Å². The molecule has 0 aliphatic rings. The van der Waals surface area contributed by atoms with E-state index in [0.717, 1.165) is 111 Å². The number of para-hydroxylation sites is 2. The number of benzene rings is 9. The number of furan rings is 2. The van der Waals surface area contributed by atoms with Gasteiger partial charge in [-0.15, -0.1) is 0 Å². The molecule has 0 saturated carbocycles. The van der Waals surface area contributed by atoms with Crippen LogP contribution in [-0.4, -0.2) is 24.9 Å². The average molecular weight is 872 g/mol. The minimum absolute atomic E-state index is 0.554. The van der Waals surface area contributed by atoms with Gasteiger partial charge in [0.1, 0.15) is 22.3 Å². The summed E-state index contributed by atoms with van der Waals surface area (Å²) in [4.78, 5) is 25.7. The van der Waals surface area contributed by atoms with E-state index in [4.69, 9.17) is 33.8 Å². The van der Waals surface area contributed by atoms with Crippen LogP contribution in [0.1, 0.15) is 0 Å². The molecule has 68 heavy (non-hydrogen) atoms. The first-order valence-electron chi connectivity index (χ1n) is 22.5. The van der Waals surface area contributed by atoms with Gasteiger partial charge in [-0.2, -0.15) is 0 Å². The predicted molar refractivity (Wildman–Crippen MR) is 273 cm³/mol. The van der Waals surface area contributed by atoms with Crippen molar-refractivity contribution in [3.05, 3.63) is 224 Å². The Morgan fingerprint density at radius 1 is 0.206 bits per heavy atom. The first-order chi connectivity index (χ1) is 33.6. The first-order valence-corrected chi connectivity index (χ1v) is 22.5. The van der Waals surface area contributed by atoms with Crippen LogP contribution in [0.5, 0.6) is 0 Å². The third-order valence-electron chi connectivity index (χ3n) is 12.5. The van der Waals surface area contributed by atoms with Gasteiger partial charge in [-0.1, -0.05) is 164 Å². The Bertz CT molecular complexity index is 4050. The molecule has 0 aliphatic heterocycles. The van der Waals surface area contributed by atoms with Gasteiger partial charge in [0.25, 0.3) is 0 Å². The second kappa shape index (κ2) is 16.3. The molecule has 13 rings (SSSR count). The summed E-state index contributed by atoms with van der Waals surface area (Å²) < 4.78 is 12.6. The van der Waals surface area contributed by atoms with E-state index in [1.807, 2.05) is 78.9 Å². The molecule has 0 bridgehead atoms. The van der Waals surface area contributed by atoms with Gasteiger partial charge in [-0.25, -0.2) is 24.9 Å². The van der Waals surface area contributed by atoms with Gasteiger partial charge in [0.15, 0.2) is 23.3 Å². The van der Waals surface area contributed by atoms with E-state index in [1.165, 1.54) is 0 Å². The monoisotopic (exact) mass is 871 g/mol. The SMILES string of the molecule is c1ccc(-c2cccc(-c3nc(-c4cccc(-c5cccc(-c6cc(-c7ccc8c(c7)oc7ccccc78)nc(-c7ccccc7)n6)c5)c4)nc(-c4ccc5c(c4)oc4ccccc45)n3)c2)cc1. The highest BCUT2D eigenvalue weighted by molar-refractivity contribution is 6.06. The number of rotatable bonds is 8. The molecule has 0 fully saturated rings. The molecule has 13 aromatic rings. The maximum atomic E-state index is 6.32. The van der Waals surface area contributed by atoms with E-state index in [2.05, 4.69) is 146 Å². The number of hydrogen-bond donors (Lipinski definition) is 0. The molecular formula is C61H37N5O2. The third kappa shape index (κ3) is 7.16. The van der Waals surface area contributed by atoms with Crippen molar-refractivity contribution in [1.29, 1.82) is 0 Å². The molecule has 0 radical (unpaired) electrons. The lowest BCUT2D eigenvalue weighted by atomic mass is 9.98. The number of hydrogen-bond acceptors (Lipinski definition) is 7. The molecule has 0 saturated heterocycles. The van der Waals surface area contributed by atoms with Gasteiger partial charge in [-0.05, 0) is 82.9 Å². The minimum atomic E-state index is 0.554. The molecule has 0 spiro atoms. The minimum Gasteiger partial charge on any atom is -0.456 e. The molecule has 0 N–H and O–H groups in total. The van der Waals surface area contributed by atoms with Crippen molar-refractivity contribution in [1.82, 2.24) is 24.9 Å². The topological polar surface area (TPSA) is 90.7 Å². The Morgan fingerprint density at radius 3 is 1.12 bits per heavy atom. The molecule has 4 heterocycles. The molecule has 0 amide bonds. The molecule has 318 valence electrons. The molecule has 7 heteroatoms. The van der Waals surface area contributed by atoms with Crippen molar-refractivity contribution >= 4 is 43.9 Å². The number of aromatic nitrogens is 5. The summed E-state index contributed by atoms with van der Waals surface area (Å²) in [6, 6.07) is 76.5. The molecule has 0 atom stereocenters. The van der Waals surface area contributed by atoms with Crippen LogP contribution in [0, 0.1) is 0 Å². The summed E-state index contributed by atoms with van der Waals surface area (Å²) in [5, 5.41) is 4.28. The summed E-state index contributed by atoms with van der Waals surface area (Å²) in [5.74, 6) is 2.34. The highest BCUT2D eigenvalue weighted by Gasteiger charge is 2.18. The summed E-state index contributed by atoms with van der Waals surface area (Å²) in [5.41, 5.74) is 14.6. The van der Waals surface area contributed by atoms with Crippen LogP contribution in [0.3, 0.4) is 0 Å². The van der Waals surface area contributed by atoms with Gasteiger partial charge in [0.2, 0.25) is 0 Å². The zero-order chi connectivity index (χ0) is 45.0. The highest BCUT2D eigenvalue weighted by atomic mass is 16.3. The fraction of sp³-hybridized carbons (Fsp3) is 0. The first kappa shape index (κ1) is 39.1. The maximum Gasteiger partial charge on any atom is 0.164 e. The van der Waals surface area contributed by atoms with Crippen LogP contribution in [0.2, 0.25) is 0 Å². The van der Waals surface area contributed by atoms with E-state index in [9.17, 15) is 0 Å². The molecule has 9 aromatic carbocycles. The average Bonchev–Trinajstić information content (AvgIpc) is 3.99. The van der Waals surface area contributed by atoms with Crippen molar-refractivity contribution < 1.29 is 8.83 Å². The zero-order valence-electron chi connectivity index (χ0n) is 36.4. The van der Waals surface area contributed by atoms with Crippen LogP contribution in [0.15, 0.2) is 233 Å². The summed E-state index contributed by atoms with van der Waals surface area (Å²) in [7, 11) is 0. The van der Waals surface area contributed by atoms with Crippen molar-refractivity contribution in [3.8, 4) is 90.3 Å². The molecule has 7 nitrogen and oxygen atoms in total. The number of fused-ring (bicyclic) bond motifs is 6. The van der Waals surface area contributed by atoms with Crippen molar-refractivity contribution in [2.24, 2.45) is 0 Å². The van der Waals surface area contributed by atoms with E-state index in [-0.39, 0.29) is 0 Å². The Morgan fingerprint density at radius 2 is 0.559 bits per heavy atom. The van der Waals surface area contributed by atoms with E-state index >= 15 is 0 Å². The summed E-state index contributed by atoms with van der Waals surface area (Å²) >= 11 is 0. The van der Waals surface area contributed by atoms with E-state index in [1.54, 1.807) is 0 Å². The second-order valence-electron chi connectivity index (χ2n) is 16.9. The van der Waals surface area contributed by atoms with Crippen LogP contribution >= 0.6 is 0 Å². The van der Waals surface area contributed by atoms with Crippen LogP contribution in [0.4, 0.5) is 0 Å². The van der Waals surface area contributed by atoms with E-state index in [0.29, 0.717) is 23.3 Å². The zero-order valence-corrected chi connectivity index (χ0v) is 36.4. The molecule has 0 unspecified atom stereocenters. The Labute approximate surface area is 390 Å². The summed E-state index contributed by atoms with van der Waals surface area (Å²) in [6.45, 7) is 0. The van der Waals surface area contributed by atoms with Gasteiger partial charge in [-0.3, -0.25) is 0 Å². The number of nitrogens with zero attached hydrogens (tertiary/aromatic N) is 5. The van der Waals surface area contributed by atoms with Crippen molar-refractivity contribution in [2.75, 3.05) is 0 Å². The lowest BCUT2D eigenvalue weighted by molar-refractivity contribution is 0.668. The normalized spacial score (nSPS) is 11.5. The summed E-state index contributed by atoms with van der Waals surface area (Å²) in [6.07, 6.45) is 0. The van der Waals surface area contributed by atoms with Gasteiger partial charge in [0.05, 0.1) is 11.4 Å². The Balaban J connectivity index is 0.908. The van der Waals surface area contributed by atoms with Crippen LogP contribution in [-0.2, 0) is 0 Å². The lowest BCUT2D eigenvalue weighted by Gasteiger charge is -2.12. The predicted octanol–water partition coefficient (Wildman–Crippen LogP) is 15.8. The quantitative estimate of drug-likeness (QED) is 0.150. The largest absolute Gasteiger partial charge is 0.456 e. The fourth-order valence-electron chi connectivity index (χ4n) is 9.14. The Hall–Kier alpha value is -9.33. The highest BCUT2D eigenvalue weighted by Crippen LogP contribution is 2.37. The van der Waals surface area contributed by atoms with Crippen molar-refractivity contribution in [3.63, 3.8) is 0 Å². The van der Waals surface area contributed by atoms with Gasteiger partial charge >= 0.3 is 0 Å². The second-order valence-corrected chi connectivity index (χ2v) is 16.9. The molecular weight excluding hydrogens is 835 g/mol. The fourth-order valence-corrected chi connectivity index (χ4v) is 9.14. The molecule has 0 aliphatic carbocycles. The Kier molecular flexibility index (Phi) is 9.35. The van der Waals surface area contributed by atoms with Gasteiger partial charge in [0, 0.05) is 54.9 Å². The van der Waals surface area contributed by atoms with Crippen molar-refractivity contribution in [2.45, 2.75) is 0 Å². The molecule has 4 aromatic heterocycles. The van der Waals surface area contributed by atoms with Gasteiger partial charge < -0.3 is 8.83 Å².